The molecular formula is C21H28N2O6S. The van der Waals surface area contributed by atoms with Crippen molar-refractivity contribution in [3.63, 3.8) is 0 Å². The van der Waals surface area contributed by atoms with Crippen LogP contribution in [-0.2, 0) is 30.7 Å². The van der Waals surface area contributed by atoms with Crippen molar-refractivity contribution in [2.75, 3.05) is 24.6 Å². The molecule has 0 saturated carbocycles. The molecule has 0 radical (unpaired) electrons. The van der Waals surface area contributed by atoms with Gasteiger partial charge in [-0.2, -0.15) is 0 Å². The van der Waals surface area contributed by atoms with E-state index in [0.29, 0.717) is 31.5 Å². The minimum Gasteiger partial charge on any atom is -0.449 e. The van der Waals surface area contributed by atoms with Crippen LogP contribution in [0.3, 0.4) is 0 Å². The first-order chi connectivity index (χ1) is 14.2. The molecule has 9 heteroatoms. The number of carbonyl (C=O) groups excluding carboxylic acids is 3. The van der Waals surface area contributed by atoms with Gasteiger partial charge in [0.1, 0.15) is 0 Å². The summed E-state index contributed by atoms with van der Waals surface area (Å²) in [5, 5.41) is 0. The number of nitrogens with zero attached hydrogens (tertiary/aromatic N) is 2. The van der Waals surface area contributed by atoms with Crippen molar-refractivity contribution in [3.8, 4) is 0 Å². The second-order valence-electron chi connectivity index (χ2n) is 7.84. The fraction of sp³-hybridized carbons (Fsp3) is 0.571. The molecule has 3 rings (SSSR count). The van der Waals surface area contributed by atoms with Crippen molar-refractivity contribution in [1.29, 1.82) is 0 Å². The summed E-state index contributed by atoms with van der Waals surface area (Å²) in [6.45, 7) is 4.89. The molecule has 0 bridgehead atoms. The van der Waals surface area contributed by atoms with E-state index in [9.17, 15) is 22.8 Å². The second-order valence-corrected chi connectivity index (χ2v) is 10.1. The molecule has 0 aromatic heterocycles. The Bertz CT molecular complexity index is 912. The quantitative estimate of drug-likeness (QED) is 0.599. The van der Waals surface area contributed by atoms with Crippen LogP contribution in [0.25, 0.3) is 0 Å². The van der Waals surface area contributed by atoms with Crippen LogP contribution in [0, 0.1) is 0 Å². The van der Waals surface area contributed by atoms with E-state index in [-0.39, 0.29) is 23.5 Å². The van der Waals surface area contributed by atoms with E-state index < -0.39 is 27.8 Å². The molecule has 2 fully saturated rings. The summed E-state index contributed by atoms with van der Waals surface area (Å²) in [5.74, 6) is -0.840. The van der Waals surface area contributed by atoms with E-state index in [1.807, 2.05) is 0 Å². The number of hydrogen-bond acceptors (Lipinski definition) is 6. The molecule has 30 heavy (non-hydrogen) atoms. The zero-order valence-corrected chi connectivity index (χ0v) is 18.2. The predicted octanol–water partition coefficient (Wildman–Crippen LogP) is 1.39. The SMILES string of the molecule is CCN(C(=O)C(C)OC(=O)c1ccc(CN2CCCC2=O)cc1)C1CCS(=O)(=O)C1. The average Bonchev–Trinajstić information content (AvgIpc) is 3.27. The predicted molar refractivity (Wildman–Crippen MR) is 110 cm³/mol. The third-order valence-corrected chi connectivity index (χ3v) is 7.39. The van der Waals surface area contributed by atoms with Gasteiger partial charge in [0.2, 0.25) is 5.91 Å². The standard InChI is InChI=1S/C21H28N2O6S/c1-3-23(18-10-12-30(27,28)14-18)20(25)15(2)29-21(26)17-8-6-16(7-9-17)13-22-11-4-5-19(22)24/h6-9,15,18H,3-5,10-14H2,1-2H3. The summed E-state index contributed by atoms with van der Waals surface area (Å²) in [7, 11) is -3.12. The largest absolute Gasteiger partial charge is 0.449 e. The van der Waals surface area contributed by atoms with Gasteiger partial charge in [0.05, 0.1) is 17.1 Å². The highest BCUT2D eigenvalue weighted by Crippen LogP contribution is 2.20. The van der Waals surface area contributed by atoms with Crippen LogP contribution in [0.5, 0.6) is 0 Å². The van der Waals surface area contributed by atoms with Crippen LogP contribution in [0.2, 0.25) is 0 Å². The summed E-state index contributed by atoms with van der Waals surface area (Å²) >= 11 is 0. The zero-order chi connectivity index (χ0) is 21.9. The van der Waals surface area contributed by atoms with Gasteiger partial charge < -0.3 is 14.5 Å². The Labute approximate surface area is 177 Å². The topological polar surface area (TPSA) is 101 Å². The third-order valence-electron chi connectivity index (χ3n) is 5.64. The Morgan fingerprint density at radius 2 is 1.97 bits per heavy atom. The van der Waals surface area contributed by atoms with E-state index in [4.69, 9.17) is 4.74 Å². The zero-order valence-electron chi connectivity index (χ0n) is 17.4. The number of likely N-dealkylation sites (tertiary alicyclic amines) is 1. The molecule has 0 N–H and O–H groups in total. The number of likely N-dealkylation sites (N-methyl/N-ethyl adjacent to an activating group) is 1. The molecule has 2 atom stereocenters. The van der Waals surface area contributed by atoms with Gasteiger partial charge in [0.15, 0.2) is 15.9 Å². The molecule has 2 unspecified atom stereocenters. The first-order valence-electron chi connectivity index (χ1n) is 10.3. The summed E-state index contributed by atoms with van der Waals surface area (Å²) < 4.78 is 28.8. The summed E-state index contributed by atoms with van der Waals surface area (Å²) in [6.07, 6.45) is 0.848. The molecule has 164 valence electrons. The number of sulfone groups is 1. The van der Waals surface area contributed by atoms with Gasteiger partial charge in [-0.3, -0.25) is 9.59 Å². The van der Waals surface area contributed by atoms with Crippen LogP contribution in [-0.4, -0.2) is 72.7 Å². The maximum atomic E-state index is 12.7. The van der Waals surface area contributed by atoms with Gasteiger partial charge in [-0.15, -0.1) is 0 Å². The molecule has 1 aromatic rings. The molecule has 2 amide bonds. The lowest BCUT2D eigenvalue weighted by molar-refractivity contribution is -0.141. The van der Waals surface area contributed by atoms with Crippen LogP contribution in [0.4, 0.5) is 0 Å². The number of carbonyl (C=O) groups is 3. The molecule has 0 aliphatic carbocycles. The van der Waals surface area contributed by atoms with E-state index in [1.54, 1.807) is 36.1 Å². The van der Waals surface area contributed by atoms with Gasteiger partial charge in [0.25, 0.3) is 5.91 Å². The lowest BCUT2D eigenvalue weighted by Crippen LogP contribution is -2.46. The number of amides is 2. The first kappa shape index (κ1) is 22.3. The normalized spacial score (nSPS) is 21.5. The van der Waals surface area contributed by atoms with Gasteiger partial charge in [-0.05, 0) is 44.4 Å². The Morgan fingerprint density at radius 3 is 2.50 bits per heavy atom. The molecule has 8 nitrogen and oxygen atoms in total. The Morgan fingerprint density at radius 1 is 1.27 bits per heavy atom. The van der Waals surface area contributed by atoms with Crippen molar-refractivity contribution < 1.29 is 27.5 Å². The average molecular weight is 437 g/mol. The van der Waals surface area contributed by atoms with Crippen LogP contribution in [0.1, 0.15) is 49.0 Å². The molecule has 2 aliphatic heterocycles. The van der Waals surface area contributed by atoms with E-state index in [0.717, 1.165) is 18.5 Å². The number of ether oxygens (including phenoxy) is 1. The Hall–Kier alpha value is -2.42. The van der Waals surface area contributed by atoms with Crippen molar-refractivity contribution in [3.05, 3.63) is 35.4 Å². The molecule has 2 heterocycles. The van der Waals surface area contributed by atoms with Gasteiger partial charge in [-0.25, -0.2) is 13.2 Å². The molecule has 2 saturated heterocycles. The smallest absolute Gasteiger partial charge is 0.338 e. The van der Waals surface area contributed by atoms with E-state index >= 15 is 0 Å². The number of benzene rings is 1. The van der Waals surface area contributed by atoms with Crippen LogP contribution in [0.15, 0.2) is 24.3 Å². The van der Waals surface area contributed by atoms with Crippen molar-refractivity contribution >= 4 is 27.6 Å². The molecular weight excluding hydrogens is 408 g/mol. The number of hydrogen-bond donors (Lipinski definition) is 0. The molecule has 1 aromatic carbocycles. The minimum atomic E-state index is -3.12. The van der Waals surface area contributed by atoms with Crippen molar-refractivity contribution in [2.45, 2.75) is 51.8 Å². The van der Waals surface area contributed by atoms with Gasteiger partial charge in [-0.1, -0.05) is 12.1 Å². The van der Waals surface area contributed by atoms with Crippen molar-refractivity contribution in [2.24, 2.45) is 0 Å². The fourth-order valence-electron chi connectivity index (χ4n) is 3.97. The highest BCUT2D eigenvalue weighted by Gasteiger charge is 2.36. The van der Waals surface area contributed by atoms with E-state index in [2.05, 4.69) is 0 Å². The van der Waals surface area contributed by atoms with Gasteiger partial charge >= 0.3 is 5.97 Å². The maximum Gasteiger partial charge on any atom is 0.338 e. The monoisotopic (exact) mass is 436 g/mol. The number of rotatable bonds is 7. The Kier molecular flexibility index (Phi) is 6.80. The lowest BCUT2D eigenvalue weighted by atomic mass is 10.1. The summed E-state index contributed by atoms with van der Waals surface area (Å²) in [5.41, 5.74) is 1.24. The third kappa shape index (κ3) is 5.19. The molecule has 0 spiro atoms. The van der Waals surface area contributed by atoms with Crippen molar-refractivity contribution in [1.82, 2.24) is 9.80 Å². The number of esters is 1. The maximum absolute atomic E-state index is 12.7. The second kappa shape index (κ2) is 9.16. The van der Waals surface area contributed by atoms with Crippen LogP contribution >= 0.6 is 0 Å². The first-order valence-corrected chi connectivity index (χ1v) is 12.1. The highest BCUT2D eigenvalue weighted by molar-refractivity contribution is 7.91. The minimum absolute atomic E-state index is 0.0474. The highest BCUT2D eigenvalue weighted by atomic mass is 32.2. The van der Waals surface area contributed by atoms with Gasteiger partial charge in [0, 0.05) is 32.1 Å². The fourth-order valence-corrected chi connectivity index (χ4v) is 5.70. The van der Waals surface area contributed by atoms with E-state index in [1.165, 1.54) is 11.8 Å². The summed E-state index contributed by atoms with van der Waals surface area (Å²) in [6, 6.07) is 6.42. The lowest BCUT2D eigenvalue weighted by Gasteiger charge is -2.29. The summed E-state index contributed by atoms with van der Waals surface area (Å²) in [4.78, 5) is 40.2. The molecule has 2 aliphatic rings. The Balaban J connectivity index is 1.57. The van der Waals surface area contributed by atoms with Crippen LogP contribution < -0.4 is 0 Å².